The number of benzene rings is 1. The predicted octanol–water partition coefficient (Wildman–Crippen LogP) is 2.80. The van der Waals surface area contributed by atoms with Gasteiger partial charge >= 0.3 is 0 Å². The van der Waals surface area contributed by atoms with Gasteiger partial charge in [-0.05, 0) is 38.3 Å². The fraction of sp³-hybridized carbons (Fsp3) is 0.500. The molecule has 0 spiro atoms. The van der Waals surface area contributed by atoms with Gasteiger partial charge in [0.2, 0.25) is 0 Å². The molecule has 0 aromatic heterocycles. The molecule has 0 amide bonds. The summed E-state index contributed by atoms with van der Waals surface area (Å²) in [7, 11) is 0. The summed E-state index contributed by atoms with van der Waals surface area (Å²) < 4.78 is 5.73. The van der Waals surface area contributed by atoms with Crippen LogP contribution >= 0.6 is 0 Å². The lowest BCUT2D eigenvalue weighted by atomic mass is 9.88. The Bertz CT molecular complexity index is 326. The zero-order chi connectivity index (χ0) is 9.47. The summed E-state index contributed by atoms with van der Waals surface area (Å²) in [6.07, 6.45) is 1.06. The molecule has 0 saturated heterocycles. The molecule has 1 nitrogen and oxygen atoms in total. The van der Waals surface area contributed by atoms with Crippen LogP contribution in [0.15, 0.2) is 18.2 Å². The van der Waals surface area contributed by atoms with Gasteiger partial charge in [0.05, 0.1) is 12.2 Å². The van der Waals surface area contributed by atoms with Crippen molar-refractivity contribution in [3.8, 4) is 0 Å². The van der Waals surface area contributed by atoms with Gasteiger partial charge in [-0.3, -0.25) is 0 Å². The molecule has 1 aliphatic rings. The minimum Gasteiger partial charge on any atom is -0.371 e. The third-order valence-electron chi connectivity index (χ3n) is 2.74. The van der Waals surface area contributed by atoms with E-state index in [-0.39, 0.29) is 5.60 Å². The van der Waals surface area contributed by atoms with Crippen LogP contribution < -0.4 is 0 Å². The average molecular weight is 176 g/mol. The normalized spacial score (nSPS) is 19.6. The topological polar surface area (TPSA) is 9.23 Å². The highest BCUT2D eigenvalue weighted by molar-refractivity contribution is 5.36. The van der Waals surface area contributed by atoms with E-state index in [9.17, 15) is 0 Å². The Morgan fingerprint density at radius 1 is 1.31 bits per heavy atom. The molecule has 1 heteroatoms. The highest BCUT2D eigenvalue weighted by atomic mass is 16.5. The van der Waals surface area contributed by atoms with Crippen LogP contribution in [0.2, 0.25) is 0 Å². The SMILES string of the molecule is Cc1ccc2c(c1)CCOC2(C)C. The largest absolute Gasteiger partial charge is 0.371 e. The highest BCUT2D eigenvalue weighted by Gasteiger charge is 2.27. The van der Waals surface area contributed by atoms with Crippen LogP contribution in [0.5, 0.6) is 0 Å². The Kier molecular flexibility index (Phi) is 1.92. The first kappa shape index (κ1) is 8.76. The molecule has 0 N–H and O–H groups in total. The Hall–Kier alpha value is -0.820. The average Bonchev–Trinajstić information content (AvgIpc) is 2.02. The molecule has 1 aliphatic heterocycles. The maximum atomic E-state index is 5.73. The maximum Gasteiger partial charge on any atom is 0.0878 e. The lowest BCUT2D eigenvalue weighted by Gasteiger charge is -2.33. The lowest BCUT2D eigenvalue weighted by molar-refractivity contribution is -0.0315. The van der Waals surface area contributed by atoms with E-state index in [1.165, 1.54) is 16.7 Å². The van der Waals surface area contributed by atoms with E-state index >= 15 is 0 Å². The fourth-order valence-electron chi connectivity index (χ4n) is 2.01. The van der Waals surface area contributed by atoms with E-state index in [1.807, 2.05) is 0 Å². The first-order chi connectivity index (χ1) is 6.09. The Morgan fingerprint density at radius 2 is 2.08 bits per heavy atom. The number of rotatable bonds is 0. The molecule has 13 heavy (non-hydrogen) atoms. The predicted molar refractivity (Wildman–Crippen MR) is 53.9 cm³/mol. The number of hydrogen-bond donors (Lipinski definition) is 0. The summed E-state index contributed by atoms with van der Waals surface area (Å²) in [5.41, 5.74) is 4.05. The Morgan fingerprint density at radius 3 is 2.85 bits per heavy atom. The molecule has 0 radical (unpaired) electrons. The molecule has 1 heterocycles. The van der Waals surface area contributed by atoms with Gasteiger partial charge in [0.15, 0.2) is 0 Å². The summed E-state index contributed by atoms with van der Waals surface area (Å²) in [5, 5.41) is 0. The van der Waals surface area contributed by atoms with Gasteiger partial charge in [-0.1, -0.05) is 23.8 Å². The Labute approximate surface area is 79.7 Å². The highest BCUT2D eigenvalue weighted by Crippen LogP contribution is 2.32. The van der Waals surface area contributed by atoms with Gasteiger partial charge in [-0.2, -0.15) is 0 Å². The van der Waals surface area contributed by atoms with Gasteiger partial charge in [0, 0.05) is 0 Å². The van der Waals surface area contributed by atoms with Crippen molar-refractivity contribution in [2.45, 2.75) is 32.8 Å². The van der Waals surface area contributed by atoms with Crippen LogP contribution in [0.3, 0.4) is 0 Å². The summed E-state index contributed by atoms with van der Waals surface area (Å²) in [6.45, 7) is 7.27. The van der Waals surface area contributed by atoms with Crippen molar-refractivity contribution in [2.75, 3.05) is 6.61 Å². The van der Waals surface area contributed by atoms with Crippen molar-refractivity contribution in [1.82, 2.24) is 0 Å². The van der Waals surface area contributed by atoms with E-state index < -0.39 is 0 Å². The smallest absolute Gasteiger partial charge is 0.0878 e. The van der Waals surface area contributed by atoms with Crippen molar-refractivity contribution >= 4 is 0 Å². The third-order valence-corrected chi connectivity index (χ3v) is 2.74. The second kappa shape index (κ2) is 2.85. The quantitative estimate of drug-likeness (QED) is 0.590. The molecule has 0 aliphatic carbocycles. The Balaban J connectivity index is 2.53. The molecule has 0 atom stereocenters. The maximum absolute atomic E-state index is 5.73. The molecule has 0 saturated carbocycles. The molecule has 0 unspecified atom stereocenters. The zero-order valence-corrected chi connectivity index (χ0v) is 8.55. The van der Waals surface area contributed by atoms with E-state index in [2.05, 4.69) is 39.0 Å². The number of fused-ring (bicyclic) bond motifs is 1. The third kappa shape index (κ3) is 1.49. The molecule has 0 fully saturated rings. The van der Waals surface area contributed by atoms with Gasteiger partial charge in [-0.15, -0.1) is 0 Å². The van der Waals surface area contributed by atoms with Crippen LogP contribution in [0.1, 0.15) is 30.5 Å². The van der Waals surface area contributed by atoms with Crippen molar-refractivity contribution in [1.29, 1.82) is 0 Å². The van der Waals surface area contributed by atoms with Gasteiger partial charge < -0.3 is 4.74 Å². The molecular weight excluding hydrogens is 160 g/mol. The summed E-state index contributed by atoms with van der Waals surface area (Å²) in [4.78, 5) is 0. The van der Waals surface area contributed by atoms with E-state index in [0.717, 1.165) is 13.0 Å². The van der Waals surface area contributed by atoms with Crippen molar-refractivity contribution < 1.29 is 4.74 Å². The van der Waals surface area contributed by atoms with Crippen LogP contribution in [0.4, 0.5) is 0 Å². The van der Waals surface area contributed by atoms with Crippen molar-refractivity contribution in [2.24, 2.45) is 0 Å². The zero-order valence-electron chi connectivity index (χ0n) is 8.55. The van der Waals surface area contributed by atoms with Gasteiger partial charge in [-0.25, -0.2) is 0 Å². The molecule has 0 bridgehead atoms. The second-order valence-corrected chi connectivity index (χ2v) is 4.27. The second-order valence-electron chi connectivity index (χ2n) is 4.27. The number of ether oxygens (including phenoxy) is 1. The van der Waals surface area contributed by atoms with Crippen LogP contribution in [0.25, 0.3) is 0 Å². The van der Waals surface area contributed by atoms with E-state index in [4.69, 9.17) is 4.74 Å². The first-order valence-electron chi connectivity index (χ1n) is 4.83. The monoisotopic (exact) mass is 176 g/mol. The fourth-order valence-corrected chi connectivity index (χ4v) is 2.01. The minimum absolute atomic E-state index is 0.0959. The van der Waals surface area contributed by atoms with Gasteiger partial charge in [0.1, 0.15) is 0 Å². The van der Waals surface area contributed by atoms with Crippen LogP contribution in [-0.4, -0.2) is 6.61 Å². The van der Waals surface area contributed by atoms with Crippen molar-refractivity contribution in [3.05, 3.63) is 34.9 Å². The summed E-state index contributed by atoms with van der Waals surface area (Å²) in [5.74, 6) is 0. The van der Waals surface area contributed by atoms with Crippen LogP contribution in [0, 0.1) is 6.92 Å². The van der Waals surface area contributed by atoms with Crippen molar-refractivity contribution in [3.63, 3.8) is 0 Å². The van der Waals surface area contributed by atoms with Crippen LogP contribution in [-0.2, 0) is 16.8 Å². The number of hydrogen-bond acceptors (Lipinski definition) is 1. The van der Waals surface area contributed by atoms with E-state index in [1.54, 1.807) is 0 Å². The molecule has 2 rings (SSSR count). The minimum atomic E-state index is -0.0959. The lowest BCUT2D eigenvalue weighted by Crippen LogP contribution is -2.29. The summed E-state index contributed by atoms with van der Waals surface area (Å²) in [6, 6.07) is 6.64. The summed E-state index contributed by atoms with van der Waals surface area (Å²) >= 11 is 0. The molecule has 1 aromatic carbocycles. The molecule has 70 valence electrons. The first-order valence-corrected chi connectivity index (χ1v) is 4.83. The molecule has 1 aromatic rings. The van der Waals surface area contributed by atoms with Gasteiger partial charge in [0.25, 0.3) is 0 Å². The standard InChI is InChI=1S/C12H16O/c1-9-4-5-11-10(8-9)6-7-13-12(11,2)3/h4-5,8H,6-7H2,1-3H3. The number of aryl methyl sites for hydroxylation is 1. The molecular formula is C12H16O. The van der Waals surface area contributed by atoms with E-state index in [0.29, 0.717) is 0 Å².